The van der Waals surface area contributed by atoms with Crippen LogP contribution in [0, 0.1) is 13.8 Å². The highest BCUT2D eigenvalue weighted by Crippen LogP contribution is 2.41. The minimum Gasteiger partial charge on any atom is -0.489 e. The fraction of sp³-hybridized carbons (Fsp3) is 0.350. The molecule has 0 radical (unpaired) electrons. The Morgan fingerprint density at radius 3 is 2.64 bits per heavy atom. The van der Waals surface area contributed by atoms with Gasteiger partial charge in [0.25, 0.3) is 0 Å². The number of hydroxylamine groups is 1. The van der Waals surface area contributed by atoms with Crippen molar-refractivity contribution in [2.24, 2.45) is 0 Å². The maximum absolute atomic E-state index is 11.9. The van der Waals surface area contributed by atoms with E-state index < -0.39 is 5.24 Å². The van der Waals surface area contributed by atoms with E-state index in [2.05, 4.69) is 6.07 Å². The lowest BCUT2D eigenvalue weighted by Gasteiger charge is -2.19. The number of carbonyl (C=O) groups excluding carboxylic acids is 1. The lowest BCUT2D eigenvalue weighted by Crippen LogP contribution is -2.24. The van der Waals surface area contributed by atoms with Crippen LogP contribution in [0.5, 0.6) is 5.75 Å². The number of hydrogen-bond donors (Lipinski definition) is 1. The highest BCUT2D eigenvalue weighted by atomic mass is 32.2. The van der Waals surface area contributed by atoms with E-state index in [9.17, 15) is 10.0 Å². The van der Waals surface area contributed by atoms with Gasteiger partial charge in [-0.05, 0) is 68.2 Å². The van der Waals surface area contributed by atoms with E-state index in [-0.39, 0.29) is 0 Å². The van der Waals surface area contributed by atoms with Crippen LogP contribution in [0.4, 0.5) is 10.5 Å². The molecule has 1 N–H and O–H groups in total. The lowest BCUT2D eigenvalue weighted by molar-refractivity contribution is 0.223. The lowest BCUT2D eigenvalue weighted by atomic mass is 10.1. The Morgan fingerprint density at radius 2 is 2.00 bits per heavy atom. The Kier molecular flexibility index (Phi) is 5.35. The molecule has 0 aliphatic heterocycles. The summed E-state index contributed by atoms with van der Waals surface area (Å²) in [6.45, 7) is 4.36. The summed E-state index contributed by atoms with van der Waals surface area (Å²) in [5.41, 5.74) is 4.80. The third kappa shape index (κ3) is 4.17. The molecule has 1 aliphatic carbocycles. The van der Waals surface area contributed by atoms with Gasteiger partial charge in [-0.1, -0.05) is 35.5 Å². The molecule has 25 heavy (non-hydrogen) atoms. The van der Waals surface area contributed by atoms with E-state index in [1.54, 1.807) is 6.26 Å². The number of ether oxygens (including phenoxy) is 1. The van der Waals surface area contributed by atoms with Crippen LogP contribution in [0.25, 0.3) is 0 Å². The minimum atomic E-state index is -0.410. The van der Waals surface area contributed by atoms with Gasteiger partial charge >= 0.3 is 5.24 Å². The molecule has 4 nitrogen and oxygen atoms in total. The molecule has 0 aromatic heterocycles. The van der Waals surface area contributed by atoms with E-state index in [0.29, 0.717) is 23.3 Å². The van der Waals surface area contributed by atoms with Gasteiger partial charge in [-0.3, -0.25) is 10.0 Å². The Balaban J connectivity index is 1.86. The largest absolute Gasteiger partial charge is 0.489 e. The molecule has 0 spiro atoms. The highest BCUT2D eigenvalue weighted by Gasteiger charge is 2.25. The number of aryl methyl sites for hydroxylation is 2. The van der Waals surface area contributed by atoms with Crippen molar-refractivity contribution in [3.63, 3.8) is 0 Å². The first-order chi connectivity index (χ1) is 12.0. The second-order valence-electron chi connectivity index (χ2n) is 6.50. The molecule has 1 fully saturated rings. The van der Waals surface area contributed by atoms with Gasteiger partial charge in [-0.25, -0.2) is 0 Å². The smallest absolute Gasteiger partial charge is 0.309 e. The van der Waals surface area contributed by atoms with E-state index in [1.807, 2.05) is 44.2 Å². The summed E-state index contributed by atoms with van der Waals surface area (Å²) >= 11 is 0.974. The summed E-state index contributed by atoms with van der Waals surface area (Å²) in [5.74, 6) is 1.41. The summed E-state index contributed by atoms with van der Waals surface area (Å²) in [7, 11) is 0. The highest BCUT2D eigenvalue weighted by molar-refractivity contribution is 8.13. The molecule has 0 bridgehead atoms. The van der Waals surface area contributed by atoms with Crippen LogP contribution in [0.3, 0.4) is 0 Å². The number of nitrogens with zero attached hydrogens (tertiary/aromatic N) is 1. The zero-order valence-electron chi connectivity index (χ0n) is 14.8. The van der Waals surface area contributed by atoms with Crippen molar-refractivity contribution >= 4 is 22.7 Å². The van der Waals surface area contributed by atoms with Gasteiger partial charge < -0.3 is 4.74 Å². The van der Waals surface area contributed by atoms with Crippen molar-refractivity contribution in [1.82, 2.24) is 0 Å². The van der Waals surface area contributed by atoms with Gasteiger partial charge in [0.15, 0.2) is 0 Å². The van der Waals surface area contributed by atoms with Crippen LogP contribution in [0.15, 0.2) is 36.4 Å². The Hall–Kier alpha value is -1.98. The maximum atomic E-state index is 11.9. The Morgan fingerprint density at radius 1 is 1.24 bits per heavy atom. The van der Waals surface area contributed by atoms with Gasteiger partial charge in [-0.2, -0.15) is 5.06 Å². The first-order valence-electron chi connectivity index (χ1n) is 8.39. The molecular formula is C20H23NO3S. The summed E-state index contributed by atoms with van der Waals surface area (Å²) in [4.78, 5) is 11.9. The van der Waals surface area contributed by atoms with Gasteiger partial charge in [-0.15, -0.1) is 0 Å². The summed E-state index contributed by atoms with van der Waals surface area (Å²) in [5, 5.41) is 10.5. The molecule has 2 aromatic carbocycles. The standard InChI is InChI=1S/C20H23NO3S/c1-13-4-9-19(14(2)10-13)24-12-17-11-16(15-5-6-15)7-8-18(17)21(23)20(22)25-3/h4,7-11,15,23H,5-6,12H2,1-3H3. The zero-order valence-corrected chi connectivity index (χ0v) is 15.6. The van der Waals surface area contributed by atoms with Crippen LogP contribution < -0.4 is 9.80 Å². The Bertz CT molecular complexity index is 787. The molecule has 0 unspecified atom stereocenters. The van der Waals surface area contributed by atoms with Crippen LogP contribution in [0.2, 0.25) is 0 Å². The Labute approximate surface area is 152 Å². The van der Waals surface area contributed by atoms with Crippen LogP contribution in [0.1, 0.15) is 41.0 Å². The van der Waals surface area contributed by atoms with E-state index >= 15 is 0 Å². The molecule has 0 heterocycles. The number of carbonyl (C=O) groups is 1. The number of rotatable bonds is 5. The number of hydrogen-bond acceptors (Lipinski definition) is 4. The first kappa shape index (κ1) is 17.8. The van der Waals surface area contributed by atoms with Crippen LogP contribution in [-0.2, 0) is 6.61 Å². The third-order valence-corrected chi connectivity index (χ3v) is 4.96. The maximum Gasteiger partial charge on any atom is 0.309 e. The quantitative estimate of drug-likeness (QED) is 0.572. The van der Waals surface area contributed by atoms with Crippen molar-refractivity contribution in [2.45, 2.75) is 39.2 Å². The van der Waals surface area contributed by atoms with Gasteiger partial charge in [0, 0.05) is 5.56 Å². The van der Waals surface area contributed by atoms with E-state index in [4.69, 9.17) is 4.74 Å². The number of benzene rings is 2. The zero-order chi connectivity index (χ0) is 18.0. The average Bonchev–Trinajstić information content (AvgIpc) is 3.44. The van der Waals surface area contributed by atoms with Crippen molar-refractivity contribution in [1.29, 1.82) is 0 Å². The van der Waals surface area contributed by atoms with Crippen molar-refractivity contribution in [3.05, 3.63) is 58.7 Å². The van der Waals surface area contributed by atoms with Gasteiger partial charge in [0.1, 0.15) is 12.4 Å². The van der Waals surface area contributed by atoms with Gasteiger partial charge in [0.05, 0.1) is 5.69 Å². The molecule has 0 atom stereocenters. The summed E-state index contributed by atoms with van der Waals surface area (Å²) in [6.07, 6.45) is 4.04. The molecule has 2 aromatic rings. The number of thioether (sulfide) groups is 1. The molecule has 0 saturated heterocycles. The molecule has 132 valence electrons. The van der Waals surface area contributed by atoms with E-state index in [0.717, 1.165) is 28.6 Å². The summed E-state index contributed by atoms with van der Waals surface area (Å²) < 4.78 is 5.98. The minimum absolute atomic E-state index is 0.304. The molecule has 3 rings (SSSR count). The fourth-order valence-corrected chi connectivity index (χ4v) is 3.17. The predicted octanol–water partition coefficient (Wildman–Crippen LogP) is 5.44. The fourth-order valence-electron chi connectivity index (χ4n) is 2.90. The van der Waals surface area contributed by atoms with E-state index in [1.165, 1.54) is 24.0 Å². The molecule has 1 aliphatic rings. The molecular weight excluding hydrogens is 334 g/mol. The van der Waals surface area contributed by atoms with Crippen molar-refractivity contribution in [2.75, 3.05) is 11.3 Å². The second kappa shape index (κ2) is 7.50. The third-order valence-electron chi connectivity index (χ3n) is 4.44. The first-order valence-corrected chi connectivity index (χ1v) is 9.62. The van der Waals surface area contributed by atoms with Crippen molar-refractivity contribution in [3.8, 4) is 5.75 Å². The molecule has 1 saturated carbocycles. The van der Waals surface area contributed by atoms with Gasteiger partial charge in [0.2, 0.25) is 0 Å². The normalized spacial score (nSPS) is 13.6. The topological polar surface area (TPSA) is 49.8 Å². The average molecular weight is 357 g/mol. The van der Waals surface area contributed by atoms with Crippen LogP contribution in [-0.4, -0.2) is 16.7 Å². The predicted molar refractivity (Wildman–Crippen MR) is 102 cm³/mol. The molecule has 1 amide bonds. The SMILES string of the molecule is CSC(=O)N(O)c1ccc(C2CC2)cc1COc1ccc(C)cc1C. The monoisotopic (exact) mass is 357 g/mol. The summed E-state index contributed by atoms with van der Waals surface area (Å²) in [6, 6.07) is 11.9. The number of anilines is 1. The van der Waals surface area contributed by atoms with Crippen LogP contribution >= 0.6 is 11.8 Å². The number of amides is 1. The van der Waals surface area contributed by atoms with Crippen molar-refractivity contribution < 1.29 is 14.7 Å². The second-order valence-corrected chi connectivity index (χ2v) is 7.26. The molecule has 5 heteroatoms.